The number of methoxy groups -OCH3 is 1. The molecule has 2 aromatic heterocycles. The van der Waals surface area contributed by atoms with Gasteiger partial charge in [0.25, 0.3) is 0 Å². The SMILES string of the molecule is COc1ccc(CCN2CCN(c3nc(-c4cnccn4)ns3)CC2)cc1. The van der Waals surface area contributed by atoms with Crippen LogP contribution in [0.1, 0.15) is 5.56 Å². The van der Waals surface area contributed by atoms with Gasteiger partial charge in [-0.25, -0.2) is 4.98 Å². The van der Waals surface area contributed by atoms with Crippen LogP contribution in [0.15, 0.2) is 42.9 Å². The van der Waals surface area contributed by atoms with E-state index in [1.54, 1.807) is 25.7 Å². The van der Waals surface area contributed by atoms with Gasteiger partial charge in [-0.15, -0.1) is 0 Å². The highest BCUT2D eigenvalue weighted by molar-refractivity contribution is 7.09. The van der Waals surface area contributed by atoms with Crippen molar-refractivity contribution >= 4 is 16.7 Å². The van der Waals surface area contributed by atoms with E-state index in [-0.39, 0.29) is 0 Å². The lowest BCUT2D eigenvalue weighted by molar-refractivity contribution is 0.261. The second-order valence-corrected chi connectivity index (χ2v) is 7.15. The summed E-state index contributed by atoms with van der Waals surface area (Å²) in [6.07, 6.45) is 6.07. The number of anilines is 1. The molecule has 0 saturated carbocycles. The second kappa shape index (κ2) is 8.41. The van der Waals surface area contributed by atoms with Crippen LogP contribution in [0.4, 0.5) is 5.13 Å². The van der Waals surface area contributed by atoms with Gasteiger partial charge in [0.15, 0.2) is 5.82 Å². The summed E-state index contributed by atoms with van der Waals surface area (Å²) in [6.45, 7) is 5.09. The van der Waals surface area contributed by atoms with Crippen molar-refractivity contribution in [2.75, 3.05) is 44.7 Å². The summed E-state index contributed by atoms with van der Waals surface area (Å²) in [5, 5.41) is 0.963. The number of nitrogens with zero attached hydrogens (tertiary/aromatic N) is 6. The average Bonchev–Trinajstić information content (AvgIpc) is 3.24. The van der Waals surface area contributed by atoms with Crippen LogP contribution in [0.5, 0.6) is 5.75 Å². The molecule has 27 heavy (non-hydrogen) atoms. The van der Waals surface area contributed by atoms with Crippen LogP contribution in [-0.4, -0.2) is 64.1 Å². The van der Waals surface area contributed by atoms with Crippen molar-refractivity contribution in [2.24, 2.45) is 0 Å². The Morgan fingerprint density at radius 2 is 1.89 bits per heavy atom. The Morgan fingerprint density at radius 3 is 2.59 bits per heavy atom. The van der Waals surface area contributed by atoms with Crippen LogP contribution in [0, 0.1) is 0 Å². The third-order valence-electron chi connectivity index (χ3n) is 4.73. The van der Waals surface area contributed by atoms with Crippen LogP contribution in [0.25, 0.3) is 11.5 Å². The van der Waals surface area contributed by atoms with Gasteiger partial charge >= 0.3 is 0 Å². The first-order valence-electron chi connectivity index (χ1n) is 9.02. The van der Waals surface area contributed by atoms with E-state index in [0.29, 0.717) is 5.82 Å². The van der Waals surface area contributed by atoms with Crippen molar-refractivity contribution in [2.45, 2.75) is 6.42 Å². The molecular weight excluding hydrogens is 360 g/mol. The maximum absolute atomic E-state index is 5.21. The topological polar surface area (TPSA) is 67.3 Å². The van der Waals surface area contributed by atoms with E-state index in [9.17, 15) is 0 Å². The molecule has 0 unspecified atom stereocenters. The maximum Gasteiger partial charge on any atom is 0.205 e. The molecule has 0 aliphatic carbocycles. The summed E-state index contributed by atoms with van der Waals surface area (Å²) in [7, 11) is 1.70. The zero-order chi connectivity index (χ0) is 18.5. The van der Waals surface area contributed by atoms with Gasteiger partial charge in [0.1, 0.15) is 11.4 Å². The van der Waals surface area contributed by atoms with Gasteiger partial charge in [-0.05, 0) is 24.1 Å². The minimum atomic E-state index is 0.657. The lowest BCUT2D eigenvalue weighted by Crippen LogP contribution is -2.47. The quantitative estimate of drug-likeness (QED) is 0.648. The van der Waals surface area contributed by atoms with Crippen LogP contribution in [0.2, 0.25) is 0 Å². The Hall–Kier alpha value is -2.58. The van der Waals surface area contributed by atoms with Crippen molar-refractivity contribution in [1.29, 1.82) is 0 Å². The van der Waals surface area contributed by atoms with E-state index in [1.807, 2.05) is 12.1 Å². The number of piperazine rings is 1. The van der Waals surface area contributed by atoms with Gasteiger partial charge in [0.05, 0.1) is 13.3 Å². The maximum atomic E-state index is 5.21. The lowest BCUT2D eigenvalue weighted by atomic mass is 10.1. The van der Waals surface area contributed by atoms with Gasteiger partial charge in [-0.3, -0.25) is 9.88 Å². The predicted octanol–water partition coefficient (Wildman–Crippen LogP) is 2.37. The molecule has 1 aliphatic heterocycles. The molecule has 140 valence electrons. The number of hydrogen-bond donors (Lipinski definition) is 0. The smallest absolute Gasteiger partial charge is 0.205 e. The molecule has 0 amide bonds. The third-order valence-corrected chi connectivity index (χ3v) is 5.50. The fourth-order valence-electron chi connectivity index (χ4n) is 3.10. The van der Waals surface area contributed by atoms with E-state index >= 15 is 0 Å². The molecular formula is C19H22N6OS. The molecule has 1 aliphatic rings. The fourth-order valence-corrected chi connectivity index (χ4v) is 3.83. The Balaban J connectivity index is 1.28. The Labute approximate surface area is 162 Å². The van der Waals surface area contributed by atoms with Gasteiger partial charge < -0.3 is 9.64 Å². The first-order valence-corrected chi connectivity index (χ1v) is 9.79. The molecule has 1 fully saturated rings. The first-order chi connectivity index (χ1) is 13.3. The highest BCUT2D eigenvalue weighted by Crippen LogP contribution is 2.23. The predicted molar refractivity (Wildman–Crippen MR) is 106 cm³/mol. The van der Waals surface area contributed by atoms with Gasteiger partial charge in [-0.2, -0.15) is 9.36 Å². The number of hydrogen-bond acceptors (Lipinski definition) is 8. The molecule has 0 bridgehead atoms. The molecule has 0 N–H and O–H groups in total. The summed E-state index contributed by atoms with van der Waals surface area (Å²) in [4.78, 5) is 17.8. The Morgan fingerprint density at radius 1 is 1.07 bits per heavy atom. The van der Waals surface area contributed by atoms with E-state index in [4.69, 9.17) is 4.74 Å². The van der Waals surface area contributed by atoms with E-state index in [2.05, 4.69) is 41.3 Å². The highest BCUT2D eigenvalue weighted by atomic mass is 32.1. The van der Waals surface area contributed by atoms with Gasteiger partial charge in [-0.1, -0.05) is 12.1 Å². The largest absolute Gasteiger partial charge is 0.497 e. The number of benzene rings is 1. The monoisotopic (exact) mass is 382 g/mol. The molecule has 0 radical (unpaired) electrons. The molecule has 0 spiro atoms. The van der Waals surface area contributed by atoms with Gasteiger partial charge in [0, 0.05) is 56.6 Å². The number of aromatic nitrogens is 4. The first kappa shape index (κ1) is 17.8. The third kappa shape index (κ3) is 4.40. The molecule has 3 heterocycles. The Kier molecular flexibility index (Phi) is 5.55. The van der Waals surface area contributed by atoms with Crippen molar-refractivity contribution in [1.82, 2.24) is 24.2 Å². The summed E-state index contributed by atoms with van der Waals surface area (Å²) in [5.41, 5.74) is 2.06. The summed E-state index contributed by atoms with van der Waals surface area (Å²) in [6, 6.07) is 8.34. The molecule has 8 heteroatoms. The Bertz CT molecular complexity index is 846. The lowest BCUT2D eigenvalue weighted by Gasteiger charge is -2.34. The van der Waals surface area contributed by atoms with Crippen LogP contribution in [0.3, 0.4) is 0 Å². The van der Waals surface area contributed by atoms with Crippen molar-refractivity contribution < 1.29 is 4.74 Å². The normalized spacial score (nSPS) is 15.1. The number of ether oxygens (including phenoxy) is 1. The standard InChI is InChI=1S/C19H22N6OS/c1-26-16-4-2-15(3-5-16)6-9-24-10-12-25(13-11-24)19-22-18(23-27-19)17-14-20-7-8-21-17/h2-5,7-8,14H,6,9-13H2,1H3. The van der Waals surface area contributed by atoms with Crippen LogP contribution >= 0.6 is 11.5 Å². The van der Waals surface area contributed by atoms with Gasteiger partial charge in [0.2, 0.25) is 5.13 Å². The minimum absolute atomic E-state index is 0.657. The van der Waals surface area contributed by atoms with E-state index < -0.39 is 0 Å². The molecule has 1 saturated heterocycles. The van der Waals surface area contributed by atoms with Crippen LogP contribution in [-0.2, 0) is 6.42 Å². The van der Waals surface area contributed by atoms with Crippen LogP contribution < -0.4 is 9.64 Å². The van der Waals surface area contributed by atoms with Crippen molar-refractivity contribution in [3.8, 4) is 17.3 Å². The summed E-state index contributed by atoms with van der Waals surface area (Å²) >= 11 is 1.43. The fraction of sp³-hybridized carbons (Fsp3) is 0.368. The molecule has 3 aromatic rings. The van der Waals surface area contributed by atoms with E-state index in [1.165, 1.54) is 17.1 Å². The molecule has 7 nitrogen and oxygen atoms in total. The molecule has 4 rings (SSSR count). The van der Waals surface area contributed by atoms with Crippen molar-refractivity contribution in [3.63, 3.8) is 0 Å². The molecule has 0 atom stereocenters. The highest BCUT2D eigenvalue weighted by Gasteiger charge is 2.20. The second-order valence-electron chi connectivity index (χ2n) is 6.42. The minimum Gasteiger partial charge on any atom is -0.497 e. The van der Waals surface area contributed by atoms with Crippen molar-refractivity contribution in [3.05, 3.63) is 48.4 Å². The average molecular weight is 382 g/mol. The summed E-state index contributed by atoms with van der Waals surface area (Å²) < 4.78 is 9.65. The molecule has 1 aromatic carbocycles. The van der Waals surface area contributed by atoms with E-state index in [0.717, 1.165) is 55.7 Å². The summed E-state index contributed by atoms with van der Waals surface area (Å²) in [5.74, 6) is 1.57. The zero-order valence-corrected chi connectivity index (χ0v) is 16.1. The number of rotatable bonds is 6. The zero-order valence-electron chi connectivity index (χ0n) is 15.3.